The van der Waals surface area contributed by atoms with E-state index in [-0.39, 0.29) is 12.2 Å². The summed E-state index contributed by atoms with van der Waals surface area (Å²) in [6, 6.07) is 14.2. The van der Waals surface area contributed by atoms with Crippen LogP contribution in [0, 0.1) is 6.92 Å². The van der Waals surface area contributed by atoms with E-state index in [9.17, 15) is 9.90 Å². The van der Waals surface area contributed by atoms with E-state index >= 15 is 0 Å². The first-order valence-corrected chi connectivity index (χ1v) is 9.83. The number of nitrogens with one attached hydrogen (secondary N) is 1. The molecule has 0 fully saturated rings. The number of pyridine rings is 1. The Hall–Kier alpha value is -2.76. The summed E-state index contributed by atoms with van der Waals surface area (Å²) in [5.74, 6) is -0.191. The molecule has 1 heterocycles. The van der Waals surface area contributed by atoms with Crippen LogP contribution in [0.15, 0.2) is 48.5 Å². The smallest absolute Gasteiger partial charge is 0.303 e. The Labute approximate surface area is 178 Å². The largest absolute Gasteiger partial charge is 0.507 e. The Morgan fingerprint density at radius 2 is 1.83 bits per heavy atom. The third-order valence-electron chi connectivity index (χ3n) is 4.38. The van der Waals surface area contributed by atoms with Gasteiger partial charge in [0.2, 0.25) is 0 Å². The molecule has 0 aliphatic carbocycles. The van der Waals surface area contributed by atoms with E-state index in [1.54, 1.807) is 24.3 Å². The number of nitrogens with zero attached hydrogens (tertiary/aromatic N) is 1. The van der Waals surface area contributed by atoms with Gasteiger partial charge in [0.05, 0.1) is 5.69 Å². The van der Waals surface area contributed by atoms with E-state index in [2.05, 4.69) is 10.3 Å². The number of hydrogen-bond acceptors (Lipinski definition) is 4. The first-order chi connectivity index (χ1) is 13.8. The molecular weight excluding hydrogens is 411 g/mol. The molecule has 0 unspecified atom stereocenters. The standard InChI is InChI=1S/C22H20Cl2N2O3/c1-13-7-8-19(27)15(10-13)18-11-14(22-16(23)4-2-5-17(22)24)12-20(26-18)25-9-3-6-21(28)29/h2,4-5,7-8,10-12,27H,3,6,9H2,1H3,(H,25,26)(H,28,29). The second-order valence-electron chi connectivity index (χ2n) is 6.67. The van der Waals surface area contributed by atoms with Crippen LogP contribution in [-0.2, 0) is 4.79 Å². The van der Waals surface area contributed by atoms with Gasteiger partial charge in [0.15, 0.2) is 0 Å². The highest BCUT2D eigenvalue weighted by molar-refractivity contribution is 6.39. The number of aliphatic carboxylic acids is 1. The molecule has 3 aromatic rings. The highest BCUT2D eigenvalue weighted by Crippen LogP contribution is 2.38. The number of carboxylic acids is 1. The van der Waals surface area contributed by atoms with Gasteiger partial charge in [0.25, 0.3) is 0 Å². The van der Waals surface area contributed by atoms with Crippen LogP contribution in [0.25, 0.3) is 22.4 Å². The van der Waals surface area contributed by atoms with Gasteiger partial charge in [-0.2, -0.15) is 0 Å². The zero-order valence-electron chi connectivity index (χ0n) is 15.7. The molecule has 150 valence electrons. The highest BCUT2D eigenvalue weighted by Gasteiger charge is 2.14. The number of carboxylic acid groups (broad SMARTS) is 1. The number of aromatic hydroxyl groups is 1. The molecule has 0 radical (unpaired) electrons. The number of carbonyl (C=O) groups is 1. The van der Waals surface area contributed by atoms with Crippen molar-refractivity contribution in [3.8, 4) is 28.1 Å². The maximum absolute atomic E-state index is 10.7. The summed E-state index contributed by atoms with van der Waals surface area (Å²) in [6.45, 7) is 2.38. The van der Waals surface area contributed by atoms with Crippen LogP contribution in [0.4, 0.5) is 5.82 Å². The molecule has 0 bridgehead atoms. The van der Waals surface area contributed by atoms with Crippen molar-refractivity contribution in [3.05, 3.63) is 64.1 Å². The van der Waals surface area contributed by atoms with Crippen molar-refractivity contribution in [2.75, 3.05) is 11.9 Å². The average Bonchev–Trinajstić information content (AvgIpc) is 2.67. The number of aryl methyl sites for hydroxylation is 1. The zero-order valence-corrected chi connectivity index (χ0v) is 17.3. The van der Waals surface area contributed by atoms with Crippen LogP contribution in [0.1, 0.15) is 18.4 Å². The molecule has 29 heavy (non-hydrogen) atoms. The summed E-state index contributed by atoms with van der Waals surface area (Å²) in [5.41, 5.74) is 3.54. The second kappa shape index (κ2) is 9.16. The van der Waals surface area contributed by atoms with Crippen molar-refractivity contribution in [3.63, 3.8) is 0 Å². The molecule has 1 aromatic heterocycles. The Balaban J connectivity index is 2.07. The number of rotatable bonds is 7. The lowest BCUT2D eigenvalue weighted by molar-refractivity contribution is -0.137. The van der Waals surface area contributed by atoms with E-state index in [1.807, 2.05) is 31.2 Å². The minimum Gasteiger partial charge on any atom is -0.507 e. The van der Waals surface area contributed by atoms with Crippen molar-refractivity contribution in [1.29, 1.82) is 0 Å². The van der Waals surface area contributed by atoms with Crippen molar-refractivity contribution in [1.82, 2.24) is 4.98 Å². The Morgan fingerprint density at radius 3 is 2.52 bits per heavy atom. The Bertz CT molecular complexity index is 1030. The highest BCUT2D eigenvalue weighted by atomic mass is 35.5. The summed E-state index contributed by atoms with van der Waals surface area (Å²) >= 11 is 12.8. The molecule has 0 atom stereocenters. The number of benzene rings is 2. The van der Waals surface area contributed by atoms with E-state index < -0.39 is 5.97 Å². The summed E-state index contributed by atoms with van der Waals surface area (Å²) in [7, 11) is 0. The van der Waals surface area contributed by atoms with Crippen molar-refractivity contribution < 1.29 is 15.0 Å². The van der Waals surface area contributed by atoms with Gasteiger partial charge >= 0.3 is 5.97 Å². The van der Waals surface area contributed by atoms with Crippen LogP contribution in [0.3, 0.4) is 0 Å². The topological polar surface area (TPSA) is 82.5 Å². The van der Waals surface area contributed by atoms with E-state index in [1.165, 1.54) is 0 Å². The van der Waals surface area contributed by atoms with Crippen LogP contribution < -0.4 is 5.32 Å². The predicted octanol–water partition coefficient (Wildman–Crippen LogP) is 6.01. The fourth-order valence-corrected chi connectivity index (χ4v) is 3.60. The molecule has 3 N–H and O–H groups in total. The molecule has 0 saturated heterocycles. The minimum absolute atomic E-state index is 0.0640. The number of phenols is 1. The quantitative estimate of drug-likeness (QED) is 0.399. The molecule has 0 aliphatic heterocycles. The van der Waals surface area contributed by atoms with Gasteiger partial charge in [-0.1, -0.05) is 40.9 Å². The number of anilines is 1. The van der Waals surface area contributed by atoms with Crippen LogP contribution in [0.2, 0.25) is 10.0 Å². The molecule has 5 nitrogen and oxygen atoms in total. The molecule has 0 saturated carbocycles. The molecule has 2 aromatic carbocycles. The monoisotopic (exact) mass is 430 g/mol. The average molecular weight is 431 g/mol. The van der Waals surface area contributed by atoms with Crippen molar-refractivity contribution in [2.24, 2.45) is 0 Å². The van der Waals surface area contributed by atoms with Crippen LogP contribution in [0.5, 0.6) is 5.75 Å². The second-order valence-corrected chi connectivity index (χ2v) is 7.48. The third kappa shape index (κ3) is 5.19. The molecule has 7 heteroatoms. The molecule has 0 spiro atoms. The van der Waals surface area contributed by atoms with Crippen LogP contribution >= 0.6 is 23.2 Å². The summed E-state index contributed by atoms with van der Waals surface area (Å²) in [6.07, 6.45) is 0.522. The first-order valence-electron chi connectivity index (χ1n) is 9.07. The maximum Gasteiger partial charge on any atom is 0.303 e. The summed E-state index contributed by atoms with van der Waals surface area (Å²) in [5, 5.41) is 23.3. The zero-order chi connectivity index (χ0) is 21.0. The van der Waals surface area contributed by atoms with Gasteiger partial charge in [-0.25, -0.2) is 4.98 Å². The third-order valence-corrected chi connectivity index (χ3v) is 5.01. The minimum atomic E-state index is -0.846. The van der Waals surface area contributed by atoms with Gasteiger partial charge in [-0.15, -0.1) is 0 Å². The molecule has 3 rings (SSSR count). The predicted molar refractivity (Wildman–Crippen MR) is 117 cm³/mol. The van der Waals surface area contributed by atoms with Gasteiger partial charge in [-0.05, 0) is 55.3 Å². The van der Waals surface area contributed by atoms with Gasteiger partial charge in [0, 0.05) is 34.1 Å². The maximum atomic E-state index is 10.7. The lowest BCUT2D eigenvalue weighted by Gasteiger charge is -2.14. The van der Waals surface area contributed by atoms with Crippen LogP contribution in [-0.4, -0.2) is 27.7 Å². The summed E-state index contributed by atoms with van der Waals surface area (Å²) < 4.78 is 0. The van der Waals surface area contributed by atoms with Gasteiger partial charge in [-0.3, -0.25) is 4.79 Å². The summed E-state index contributed by atoms with van der Waals surface area (Å²) in [4.78, 5) is 15.3. The number of phenolic OH excluding ortho intramolecular Hbond substituents is 1. The number of halogens is 2. The normalized spacial score (nSPS) is 10.7. The van der Waals surface area contributed by atoms with Crippen molar-refractivity contribution in [2.45, 2.75) is 19.8 Å². The first kappa shape index (κ1) is 21.0. The van der Waals surface area contributed by atoms with Crippen molar-refractivity contribution >= 4 is 35.0 Å². The molecular formula is C22H20Cl2N2O3. The number of aromatic nitrogens is 1. The lowest BCUT2D eigenvalue weighted by atomic mass is 10.0. The van der Waals surface area contributed by atoms with E-state index in [0.29, 0.717) is 45.6 Å². The molecule has 0 amide bonds. The lowest BCUT2D eigenvalue weighted by Crippen LogP contribution is -2.06. The van der Waals surface area contributed by atoms with E-state index in [4.69, 9.17) is 28.3 Å². The Morgan fingerprint density at radius 1 is 1.10 bits per heavy atom. The van der Waals surface area contributed by atoms with Gasteiger partial charge in [0.1, 0.15) is 11.6 Å². The Kier molecular flexibility index (Phi) is 6.62. The SMILES string of the molecule is Cc1ccc(O)c(-c2cc(-c3c(Cl)cccc3Cl)cc(NCCCC(=O)O)n2)c1. The fraction of sp³-hybridized carbons (Fsp3) is 0.182. The molecule has 0 aliphatic rings. The van der Waals surface area contributed by atoms with E-state index in [0.717, 1.165) is 11.1 Å². The van der Waals surface area contributed by atoms with Gasteiger partial charge < -0.3 is 15.5 Å². The fourth-order valence-electron chi connectivity index (χ4n) is 2.99. The number of hydrogen-bond donors (Lipinski definition) is 3.